The van der Waals surface area contributed by atoms with Crippen molar-refractivity contribution in [1.82, 2.24) is 19.3 Å². The van der Waals surface area contributed by atoms with E-state index in [1.165, 1.54) is 50.3 Å². The van der Waals surface area contributed by atoms with Crippen LogP contribution in [0.3, 0.4) is 0 Å². The van der Waals surface area contributed by atoms with Gasteiger partial charge in [0.2, 0.25) is 0 Å². The number of hydrogen-bond donors (Lipinski definition) is 1. The van der Waals surface area contributed by atoms with E-state index in [0.717, 1.165) is 18.5 Å². The fourth-order valence-corrected chi connectivity index (χ4v) is 5.97. The Labute approximate surface area is 239 Å². The first-order chi connectivity index (χ1) is 17.8. The topological polar surface area (TPSA) is 38.5 Å². The Kier molecular flexibility index (Phi) is 8.52. The maximum absolute atomic E-state index is 4.36. The van der Waals surface area contributed by atoms with Crippen molar-refractivity contribution < 1.29 is 19.4 Å². The van der Waals surface area contributed by atoms with Gasteiger partial charge >= 0.3 is 241 Å². The number of aryl methyl sites for hydroxylation is 2. The normalized spacial score (nSPS) is 13.2. The number of unbranched alkanes of at least 4 members (excludes halogenated alkanes) is 1. The molecule has 1 N–H and O–H groups in total. The van der Waals surface area contributed by atoms with Crippen molar-refractivity contribution in [1.29, 1.82) is 0 Å². The van der Waals surface area contributed by atoms with Crippen LogP contribution in [-0.4, -0.2) is 19.3 Å². The molecule has 206 valence electrons. The van der Waals surface area contributed by atoms with E-state index in [4.69, 9.17) is 0 Å². The zero-order valence-electron chi connectivity index (χ0n) is 24.3. The zero-order chi connectivity index (χ0) is 27.7. The number of rotatable bonds is 8. The molecule has 0 saturated carbocycles. The first kappa shape index (κ1) is 28.6. The minimum atomic E-state index is 0.111. The number of nitrogens with zero attached hydrogens (tertiary/aromatic N) is 3. The van der Waals surface area contributed by atoms with Crippen molar-refractivity contribution >= 4 is 0 Å². The Morgan fingerprint density at radius 1 is 0.842 bits per heavy atom. The van der Waals surface area contributed by atoms with E-state index in [2.05, 4.69) is 155 Å². The van der Waals surface area contributed by atoms with Gasteiger partial charge in [-0.25, -0.2) is 0 Å². The van der Waals surface area contributed by atoms with Gasteiger partial charge in [0.1, 0.15) is 0 Å². The van der Waals surface area contributed by atoms with E-state index in [1.807, 2.05) is 0 Å². The van der Waals surface area contributed by atoms with Gasteiger partial charge < -0.3 is 0 Å². The van der Waals surface area contributed by atoms with Crippen LogP contribution in [-0.2, 0) is 36.6 Å². The molecule has 0 aliphatic rings. The van der Waals surface area contributed by atoms with Crippen LogP contribution in [0.2, 0.25) is 0 Å². The van der Waals surface area contributed by atoms with Crippen molar-refractivity contribution in [2.75, 3.05) is 0 Å². The van der Waals surface area contributed by atoms with E-state index in [1.54, 1.807) is 0 Å². The SMILES string of the molecule is Cc1cc(CCCCC(C)n2ccn(-c3ccc(-c4cc(C(C)(C)C)cc(C(C)(C)C)c4)cc3)[c]2=[Pt])n[nH]1. The van der Waals surface area contributed by atoms with Gasteiger partial charge in [0.25, 0.3) is 0 Å². The summed E-state index contributed by atoms with van der Waals surface area (Å²) in [5.74, 6) is 0. The molecule has 4 rings (SSSR count). The summed E-state index contributed by atoms with van der Waals surface area (Å²) in [5, 5.41) is 7.40. The van der Waals surface area contributed by atoms with Crippen LogP contribution in [0.25, 0.3) is 16.8 Å². The van der Waals surface area contributed by atoms with Crippen LogP contribution < -0.4 is 0 Å². The molecular formula is C33H44N4Pt. The van der Waals surface area contributed by atoms with Crippen LogP contribution in [0.1, 0.15) is 96.3 Å². The summed E-state index contributed by atoms with van der Waals surface area (Å²) in [7, 11) is 0. The monoisotopic (exact) mass is 691 g/mol. The van der Waals surface area contributed by atoms with Crippen molar-refractivity contribution in [3.8, 4) is 16.8 Å². The Bertz CT molecular complexity index is 1390. The van der Waals surface area contributed by atoms with Gasteiger partial charge in [0.05, 0.1) is 0 Å². The molecule has 4 nitrogen and oxygen atoms in total. The standard InChI is InChI=1S/C33H44N4.Pt/c1-24-19-30(35-34-24)12-10-9-11-25(2)36-17-18-37(23-36)31-15-13-26(14-16-31)27-20-28(32(3,4)5)22-29(21-27)33(6,7)8;/h13-22,25H,9-12H2,1-8H3,(H,34,35);. The number of benzene rings is 2. The predicted molar refractivity (Wildman–Crippen MR) is 155 cm³/mol. The quantitative estimate of drug-likeness (QED) is 0.185. The molecule has 4 aromatic rings. The molecular weight excluding hydrogens is 647 g/mol. The maximum atomic E-state index is 4.36. The number of nitrogens with one attached hydrogen (secondary N) is 1. The summed E-state index contributed by atoms with van der Waals surface area (Å²) in [6.45, 7) is 18.2. The van der Waals surface area contributed by atoms with Crippen LogP contribution in [0, 0.1) is 10.7 Å². The molecule has 0 amide bonds. The van der Waals surface area contributed by atoms with Gasteiger partial charge in [-0.1, -0.05) is 0 Å². The Morgan fingerprint density at radius 3 is 2.03 bits per heavy atom. The van der Waals surface area contributed by atoms with Gasteiger partial charge in [-0.05, 0) is 0 Å². The van der Waals surface area contributed by atoms with Gasteiger partial charge in [0.15, 0.2) is 0 Å². The van der Waals surface area contributed by atoms with Gasteiger partial charge in [-0.3, -0.25) is 0 Å². The fraction of sp³-hybridized carbons (Fsp3) is 0.455. The summed E-state index contributed by atoms with van der Waals surface area (Å²) in [4.78, 5) is 0. The molecule has 2 heterocycles. The average molecular weight is 692 g/mol. The summed E-state index contributed by atoms with van der Waals surface area (Å²) in [6.07, 6.45) is 8.98. The molecule has 0 fully saturated rings. The van der Waals surface area contributed by atoms with Gasteiger partial charge in [0, 0.05) is 0 Å². The molecule has 2 aromatic carbocycles. The number of aromatic amines is 1. The second kappa shape index (κ2) is 11.3. The Morgan fingerprint density at radius 2 is 1.47 bits per heavy atom. The summed E-state index contributed by atoms with van der Waals surface area (Å²) >= 11 is 2.47. The fourth-order valence-electron chi connectivity index (χ4n) is 4.84. The number of aromatic nitrogens is 4. The van der Waals surface area contributed by atoms with Crippen molar-refractivity contribution in [3.05, 3.63) is 87.2 Å². The third kappa shape index (κ3) is 6.75. The Hall–Kier alpha value is -2.45. The van der Waals surface area contributed by atoms with Crippen molar-refractivity contribution in [2.45, 2.75) is 97.9 Å². The number of hydrogen-bond acceptors (Lipinski definition) is 1. The molecule has 1 unspecified atom stereocenters. The molecule has 38 heavy (non-hydrogen) atoms. The van der Waals surface area contributed by atoms with Crippen LogP contribution in [0.15, 0.2) is 60.9 Å². The second-order valence-corrected chi connectivity index (χ2v) is 13.8. The molecule has 2 aromatic heterocycles. The number of imidazole rings is 1. The predicted octanol–water partition coefficient (Wildman–Crippen LogP) is 8.63. The molecule has 0 saturated heterocycles. The molecule has 0 aliphatic heterocycles. The molecule has 0 aliphatic carbocycles. The van der Waals surface area contributed by atoms with E-state index >= 15 is 0 Å². The van der Waals surface area contributed by atoms with Crippen molar-refractivity contribution in [2.24, 2.45) is 0 Å². The van der Waals surface area contributed by atoms with Crippen LogP contribution in [0.4, 0.5) is 0 Å². The summed E-state index contributed by atoms with van der Waals surface area (Å²) in [5.41, 5.74) is 9.07. The van der Waals surface area contributed by atoms with E-state index in [9.17, 15) is 0 Å². The third-order valence-corrected chi connectivity index (χ3v) is 8.57. The van der Waals surface area contributed by atoms with Gasteiger partial charge in [-0.15, -0.1) is 0 Å². The molecule has 0 spiro atoms. The first-order valence-electron chi connectivity index (χ1n) is 13.9. The Balaban J connectivity index is 1.49. The second-order valence-electron chi connectivity index (χ2n) is 12.8. The number of H-pyrrole nitrogens is 1. The first-order valence-corrected chi connectivity index (χ1v) is 15.0. The van der Waals surface area contributed by atoms with E-state index < -0.39 is 0 Å². The van der Waals surface area contributed by atoms with Crippen molar-refractivity contribution in [3.63, 3.8) is 0 Å². The van der Waals surface area contributed by atoms with Gasteiger partial charge in [-0.2, -0.15) is 0 Å². The van der Waals surface area contributed by atoms with E-state index in [-0.39, 0.29) is 10.8 Å². The van der Waals surface area contributed by atoms with E-state index in [0.29, 0.717) is 6.04 Å². The average Bonchev–Trinajstić information content (AvgIpc) is 3.45. The van der Waals surface area contributed by atoms with Crippen LogP contribution >= 0.6 is 0 Å². The molecule has 5 heteroatoms. The minimum absolute atomic E-state index is 0.111. The van der Waals surface area contributed by atoms with Crippen LogP contribution in [0.5, 0.6) is 0 Å². The molecule has 1 atom stereocenters. The molecule has 0 radical (unpaired) electrons. The summed E-state index contributed by atoms with van der Waals surface area (Å²) < 4.78 is 5.93. The summed E-state index contributed by atoms with van der Waals surface area (Å²) in [6, 6.07) is 18.8. The zero-order valence-corrected chi connectivity index (χ0v) is 26.6. The third-order valence-electron chi connectivity index (χ3n) is 7.44. The molecule has 0 bridgehead atoms.